The van der Waals surface area contributed by atoms with Crippen LogP contribution in [0, 0.1) is 0 Å². The summed E-state index contributed by atoms with van der Waals surface area (Å²) in [6, 6.07) is 12.6. The lowest BCUT2D eigenvalue weighted by Crippen LogP contribution is -2.40. The minimum absolute atomic E-state index is 0.104. The molecule has 0 saturated carbocycles. The largest absolute Gasteiger partial charge is 0.413 e. The van der Waals surface area contributed by atoms with Crippen LogP contribution in [0.25, 0.3) is 11.3 Å². The lowest BCUT2D eigenvalue weighted by Gasteiger charge is -2.36. The second-order valence-corrected chi connectivity index (χ2v) is 14.2. The number of hydrogen-bond acceptors (Lipinski definition) is 4. The van der Waals surface area contributed by atoms with Gasteiger partial charge in [0.05, 0.1) is 12.8 Å². The highest BCUT2D eigenvalue weighted by Crippen LogP contribution is 2.39. The highest BCUT2D eigenvalue weighted by molar-refractivity contribution is 6.74. The van der Waals surface area contributed by atoms with Crippen molar-refractivity contribution < 1.29 is 17.9 Å². The molecule has 0 radical (unpaired) electrons. The predicted octanol–water partition coefficient (Wildman–Crippen LogP) is 6.40. The molecule has 1 heterocycles. The van der Waals surface area contributed by atoms with E-state index in [0.717, 1.165) is 11.1 Å². The zero-order valence-electron chi connectivity index (χ0n) is 19.5. The number of hydrogen-bond donors (Lipinski definition) is 0. The number of ether oxygens (including phenoxy) is 1. The number of rotatable bonds is 8. The number of nitrogens with zero attached hydrogens (tertiary/aromatic N) is 3. The van der Waals surface area contributed by atoms with Crippen LogP contribution in [0.3, 0.4) is 0 Å². The van der Waals surface area contributed by atoms with Gasteiger partial charge in [0.1, 0.15) is 5.69 Å². The summed E-state index contributed by atoms with van der Waals surface area (Å²) in [6.45, 7) is 11.4. The molecule has 0 bridgehead atoms. The zero-order valence-corrected chi connectivity index (χ0v) is 20.5. The quantitative estimate of drug-likeness (QED) is 0.366. The topological polar surface area (TPSA) is 49.2 Å². The molecule has 3 aromatic rings. The van der Waals surface area contributed by atoms with Crippen LogP contribution < -0.4 is 0 Å². The summed E-state index contributed by atoms with van der Waals surface area (Å²) in [7, 11) is -0.627. The lowest BCUT2D eigenvalue weighted by atomic mass is 10.1. The molecule has 0 amide bonds. The molecule has 0 saturated heterocycles. The molecule has 0 aliphatic carbocycles. The summed E-state index contributed by atoms with van der Waals surface area (Å²) in [4.78, 5) is 0. The Morgan fingerprint density at radius 1 is 1.00 bits per heavy atom. The van der Waals surface area contributed by atoms with Gasteiger partial charge in [0.2, 0.25) is 0 Å². The van der Waals surface area contributed by atoms with Gasteiger partial charge in [0.25, 0.3) is 0 Å². The monoisotopic (exact) mass is 459 g/mol. The Balaban J connectivity index is 1.77. The van der Waals surface area contributed by atoms with E-state index in [1.807, 2.05) is 18.2 Å². The van der Waals surface area contributed by atoms with E-state index in [1.54, 1.807) is 36.4 Å². The molecule has 3 rings (SSSR count). The molecule has 2 aromatic carbocycles. The van der Waals surface area contributed by atoms with Crippen molar-refractivity contribution in [3.8, 4) is 11.3 Å². The molecule has 1 atom stereocenters. The molecule has 0 aliphatic heterocycles. The molecule has 8 heteroatoms. The molecule has 0 fully saturated rings. The first-order chi connectivity index (χ1) is 15.0. The smallest absolute Gasteiger partial charge is 0.374 e. The van der Waals surface area contributed by atoms with Gasteiger partial charge in [-0.3, -0.25) is 0 Å². The van der Waals surface area contributed by atoms with E-state index < -0.39 is 20.5 Å². The Morgan fingerprint density at radius 2 is 1.62 bits per heavy atom. The maximum atomic E-state index is 15.3. The van der Waals surface area contributed by atoms with Crippen molar-refractivity contribution in [3.63, 3.8) is 0 Å². The highest BCUT2D eigenvalue weighted by Gasteiger charge is 2.44. The normalized spacial score (nSPS) is 13.9. The Morgan fingerprint density at radius 3 is 2.19 bits per heavy atom. The molecule has 172 valence electrons. The highest BCUT2D eigenvalue weighted by atomic mass is 28.4. The van der Waals surface area contributed by atoms with Gasteiger partial charge in [-0.2, -0.15) is 13.5 Å². The third kappa shape index (κ3) is 5.14. The fourth-order valence-electron chi connectivity index (χ4n) is 3.02. The van der Waals surface area contributed by atoms with E-state index in [9.17, 15) is 0 Å². The van der Waals surface area contributed by atoms with E-state index in [2.05, 4.69) is 44.2 Å². The lowest BCUT2D eigenvalue weighted by molar-refractivity contribution is -0.194. The number of aromatic nitrogens is 3. The molecule has 0 aliphatic rings. The molecule has 0 N–H and O–H groups in total. The third-order valence-corrected chi connectivity index (χ3v) is 10.6. The average molecular weight is 460 g/mol. The van der Waals surface area contributed by atoms with Crippen molar-refractivity contribution in [1.82, 2.24) is 15.0 Å². The third-order valence-electron chi connectivity index (χ3n) is 6.11. The first-order valence-corrected chi connectivity index (χ1v) is 13.5. The van der Waals surface area contributed by atoms with Crippen LogP contribution in [0.1, 0.15) is 38.0 Å². The fourth-order valence-corrected chi connectivity index (χ4v) is 3.98. The molecular weight excluding hydrogens is 428 g/mol. The number of alkyl halides is 2. The summed E-state index contributed by atoms with van der Waals surface area (Å²) in [5.74, 6) is 0. The molecular formula is C24H31F2N3O2Si. The Hall–Kier alpha value is -2.42. The maximum absolute atomic E-state index is 15.3. The number of benzene rings is 2. The van der Waals surface area contributed by atoms with E-state index in [-0.39, 0.29) is 5.04 Å². The van der Waals surface area contributed by atoms with Gasteiger partial charge in [0, 0.05) is 12.7 Å². The van der Waals surface area contributed by atoms with Gasteiger partial charge in [-0.25, -0.2) is 0 Å². The number of methoxy groups -OCH3 is 1. The van der Waals surface area contributed by atoms with Crippen LogP contribution in [-0.4, -0.2) is 30.4 Å². The fraction of sp³-hybridized carbons (Fsp3) is 0.417. The van der Waals surface area contributed by atoms with Crippen LogP contribution in [0.2, 0.25) is 18.1 Å². The van der Waals surface area contributed by atoms with Crippen LogP contribution in [0.15, 0.2) is 60.8 Å². The van der Waals surface area contributed by atoms with Crippen molar-refractivity contribution in [3.05, 3.63) is 71.9 Å². The van der Waals surface area contributed by atoms with Crippen molar-refractivity contribution in [2.75, 3.05) is 7.11 Å². The van der Waals surface area contributed by atoms with E-state index in [4.69, 9.17) is 9.16 Å². The van der Waals surface area contributed by atoms with Gasteiger partial charge < -0.3 is 9.16 Å². The van der Waals surface area contributed by atoms with Gasteiger partial charge in [-0.1, -0.05) is 80.6 Å². The molecule has 1 aromatic heterocycles. The summed E-state index contributed by atoms with van der Waals surface area (Å²) in [6.07, 6.45) is -0.272. The van der Waals surface area contributed by atoms with Crippen molar-refractivity contribution >= 4 is 8.32 Å². The second-order valence-electron chi connectivity index (χ2n) is 9.41. The second kappa shape index (κ2) is 9.21. The maximum Gasteiger partial charge on any atom is 0.374 e. The standard InChI is InChI=1S/C24H31F2N3O2Si/c1-23(2,3)32(5,6)31-17-18-12-14-20(15-13-18)22(30-4)24(25,26)29-16-21(27-28-29)19-10-8-7-9-11-19/h7-16,22H,17H2,1-6H3. The van der Waals surface area contributed by atoms with Gasteiger partial charge >= 0.3 is 6.05 Å². The Bertz CT molecular complexity index is 1020. The Kier molecular flexibility index (Phi) is 6.97. The predicted molar refractivity (Wildman–Crippen MR) is 124 cm³/mol. The molecule has 5 nitrogen and oxygen atoms in total. The first-order valence-electron chi connectivity index (χ1n) is 10.6. The summed E-state index contributed by atoms with van der Waals surface area (Å²) < 4.78 is 42.6. The Labute approximate surface area is 189 Å². The van der Waals surface area contributed by atoms with Crippen LogP contribution in [0.4, 0.5) is 8.78 Å². The van der Waals surface area contributed by atoms with Gasteiger partial charge in [0.15, 0.2) is 14.4 Å². The van der Waals surface area contributed by atoms with Crippen molar-refractivity contribution in [1.29, 1.82) is 0 Å². The zero-order chi connectivity index (χ0) is 23.6. The summed E-state index contributed by atoms with van der Waals surface area (Å²) in [5, 5.41) is 7.69. The summed E-state index contributed by atoms with van der Waals surface area (Å²) >= 11 is 0. The minimum Gasteiger partial charge on any atom is -0.413 e. The minimum atomic E-state index is -3.42. The first kappa shape index (κ1) is 24.2. The van der Waals surface area contributed by atoms with Crippen LogP contribution >= 0.6 is 0 Å². The van der Waals surface area contributed by atoms with E-state index in [0.29, 0.717) is 22.5 Å². The average Bonchev–Trinajstić information content (AvgIpc) is 3.25. The molecule has 32 heavy (non-hydrogen) atoms. The summed E-state index contributed by atoms with van der Waals surface area (Å²) in [5.41, 5.74) is 2.38. The van der Waals surface area contributed by atoms with Crippen LogP contribution in [-0.2, 0) is 21.8 Å². The van der Waals surface area contributed by atoms with E-state index >= 15 is 8.78 Å². The van der Waals surface area contributed by atoms with Crippen molar-refractivity contribution in [2.45, 2.75) is 57.7 Å². The van der Waals surface area contributed by atoms with Gasteiger partial charge in [-0.15, -0.1) is 5.10 Å². The number of halogens is 2. The van der Waals surface area contributed by atoms with Gasteiger partial charge in [-0.05, 0) is 29.3 Å². The van der Waals surface area contributed by atoms with Crippen LogP contribution in [0.5, 0.6) is 0 Å². The van der Waals surface area contributed by atoms with E-state index in [1.165, 1.54) is 13.3 Å². The van der Waals surface area contributed by atoms with Crippen molar-refractivity contribution in [2.24, 2.45) is 0 Å². The SMILES string of the molecule is COC(c1ccc(CO[Si](C)(C)C(C)(C)C)cc1)C(F)(F)n1cc(-c2ccccc2)nn1. The molecule has 1 unspecified atom stereocenters. The molecule has 0 spiro atoms.